The molecular weight excluding hydrogens is 435 g/mol. The highest BCUT2D eigenvalue weighted by Gasteiger charge is 2.20. The number of fused-ring (bicyclic) bond motifs is 1. The predicted molar refractivity (Wildman–Crippen MR) is 109 cm³/mol. The van der Waals surface area contributed by atoms with Crippen LogP contribution in [0.25, 0.3) is 0 Å². The van der Waals surface area contributed by atoms with Crippen LogP contribution in [-0.2, 0) is 4.79 Å². The standard InChI is InChI=1S/C17H26N4O3.HI/c1-3-9-19-16(22)11-21-17(18-4-2)20-10-13-12-23-14-7-5-6-8-15(14)24-13;/h5-8,13H,3-4,9-12H2,1-2H3,(H,19,22)(H2,18,20,21);1H. The van der Waals surface area contributed by atoms with E-state index in [4.69, 9.17) is 9.47 Å². The first-order valence-corrected chi connectivity index (χ1v) is 8.40. The summed E-state index contributed by atoms with van der Waals surface area (Å²) in [5.74, 6) is 2.02. The zero-order valence-corrected chi connectivity index (χ0v) is 17.0. The van der Waals surface area contributed by atoms with Crippen molar-refractivity contribution >= 4 is 35.8 Å². The molecule has 8 heteroatoms. The van der Waals surface area contributed by atoms with Crippen LogP contribution in [-0.4, -0.2) is 50.8 Å². The van der Waals surface area contributed by atoms with Crippen LogP contribution in [0.4, 0.5) is 0 Å². The number of guanidine groups is 1. The highest BCUT2D eigenvalue weighted by atomic mass is 127. The lowest BCUT2D eigenvalue weighted by Gasteiger charge is -2.27. The average molecular weight is 462 g/mol. The molecule has 25 heavy (non-hydrogen) atoms. The molecule has 140 valence electrons. The molecule has 1 aliphatic heterocycles. The van der Waals surface area contributed by atoms with Gasteiger partial charge in [-0.05, 0) is 25.5 Å². The Morgan fingerprint density at radius 3 is 2.68 bits per heavy atom. The van der Waals surface area contributed by atoms with Gasteiger partial charge >= 0.3 is 0 Å². The summed E-state index contributed by atoms with van der Waals surface area (Å²) in [7, 11) is 0. The van der Waals surface area contributed by atoms with Gasteiger partial charge in [0.05, 0.1) is 6.54 Å². The van der Waals surface area contributed by atoms with E-state index in [1.54, 1.807) is 0 Å². The molecule has 0 saturated heterocycles. The summed E-state index contributed by atoms with van der Waals surface area (Å²) in [6.45, 7) is 6.49. The predicted octanol–water partition coefficient (Wildman–Crippen LogP) is 1.53. The topological polar surface area (TPSA) is 84.0 Å². The highest BCUT2D eigenvalue weighted by Crippen LogP contribution is 2.30. The molecule has 1 aromatic carbocycles. The third-order valence-corrected chi connectivity index (χ3v) is 3.36. The fourth-order valence-corrected chi connectivity index (χ4v) is 2.19. The van der Waals surface area contributed by atoms with Crippen LogP contribution in [0.1, 0.15) is 20.3 Å². The monoisotopic (exact) mass is 462 g/mol. The van der Waals surface area contributed by atoms with Gasteiger partial charge in [-0.15, -0.1) is 24.0 Å². The first-order chi connectivity index (χ1) is 11.7. The molecule has 2 rings (SSSR count). The Bertz CT molecular complexity index is 569. The second kappa shape index (κ2) is 11.8. The van der Waals surface area contributed by atoms with E-state index in [-0.39, 0.29) is 42.5 Å². The molecule has 0 fully saturated rings. The molecule has 1 amide bonds. The van der Waals surface area contributed by atoms with Crippen LogP contribution >= 0.6 is 24.0 Å². The number of nitrogens with one attached hydrogen (secondary N) is 3. The Hall–Kier alpha value is -1.71. The number of rotatable bonds is 7. The summed E-state index contributed by atoms with van der Waals surface area (Å²) in [5.41, 5.74) is 0. The molecular formula is C17H27IN4O3. The number of benzene rings is 1. The third kappa shape index (κ3) is 7.37. The summed E-state index contributed by atoms with van der Waals surface area (Å²) < 4.78 is 11.6. The van der Waals surface area contributed by atoms with Crippen LogP contribution in [0.3, 0.4) is 0 Å². The Morgan fingerprint density at radius 2 is 1.96 bits per heavy atom. The summed E-state index contributed by atoms with van der Waals surface area (Å²) in [6.07, 6.45) is 0.798. The first-order valence-electron chi connectivity index (χ1n) is 8.40. The molecule has 7 nitrogen and oxygen atoms in total. The van der Waals surface area contributed by atoms with E-state index in [9.17, 15) is 4.79 Å². The van der Waals surface area contributed by atoms with Crippen molar-refractivity contribution < 1.29 is 14.3 Å². The molecule has 0 aliphatic carbocycles. The molecule has 3 N–H and O–H groups in total. The van der Waals surface area contributed by atoms with Crippen molar-refractivity contribution in [1.82, 2.24) is 16.0 Å². The average Bonchev–Trinajstić information content (AvgIpc) is 2.62. The minimum absolute atomic E-state index is 0. The molecule has 0 radical (unpaired) electrons. The van der Waals surface area contributed by atoms with E-state index in [1.165, 1.54) is 0 Å². The lowest BCUT2D eigenvalue weighted by molar-refractivity contribution is -0.119. The maximum Gasteiger partial charge on any atom is 0.241 e. The van der Waals surface area contributed by atoms with Crippen LogP contribution in [0.5, 0.6) is 11.5 Å². The normalized spacial score (nSPS) is 15.8. The number of hydrogen-bond acceptors (Lipinski definition) is 4. The Labute approximate surface area is 166 Å². The van der Waals surface area contributed by atoms with Crippen molar-refractivity contribution in [2.24, 2.45) is 4.99 Å². The summed E-state index contributed by atoms with van der Waals surface area (Å²) in [5, 5.41) is 9.10. The second-order valence-corrected chi connectivity index (χ2v) is 5.42. The number of carbonyl (C=O) groups is 1. The number of carbonyl (C=O) groups excluding carboxylic acids is 1. The van der Waals surface area contributed by atoms with E-state index >= 15 is 0 Å². The maximum atomic E-state index is 11.6. The van der Waals surface area contributed by atoms with Gasteiger partial charge < -0.3 is 25.4 Å². The molecule has 0 aromatic heterocycles. The van der Waals surface area contributed by atoms with Crippen LogP contribution in [0.15, 0.2) is 29.3 Å². The molecule has 1 aromatic rings. The van der Waals surface area contributed by atoms with Gasteiger partial charge in [0.15, 0.2) is 17.5 Å². The van der Waals surface area contributed by atoms with Crippen LogP contribution in [0.2, 0.25) is 0 Å². The van der Waals surface area contributed by atoms with E-state index in [0.717, 1.165) is 17.9 Å². The number of hydrogen-bond donors (Lipinski definition) is 3. The van der Waals surface area contributed by atoms with Gasteiger partial charge in [-0.3, -0.25) is 4.79 Å². The first kappa shape index (κ1) is 21.3. The number of amides is 1. The number of halogens is 1. The van der Waals surface area contributed by atoms with Crippen molar-refractivity contribution in [2.75, 3.05) is 32.8 Å². The molecule has 1 unspecified atom stereocenters. The molecule has 1 aliphatic rings. The summed E-state index contributed by atoms with van der Waals surface area (Å²) in [4.78, 5) is 15.9. The number of aliphatic imine (C=N–C) groups is 1. The SMILES string of the molecule is CCCNC(=O)CN=C(NCC)NCC1COc2ccccc2O1.I. The lowest BCUT2D eigenvalue weighted by Crippen LogP contribution is -2.45. The molecule has 1 heterocycles. The third-order valence-electron chi connectivity index (χ3n) is 3.36. The molecule has 0 bridgehead atoms. The zero-order chi connectivity index (χ0) is 17.2. The fraction of sp³-hybridized carbons (Fsp3) is 0.529. The van der Waals surface area contributed by atoms with E-state index < -0.39 is 0 Å². The van der Waals surface area contributed by atoms with Gasteiger partial charge in [-0.25, -0.2) is 4.99 Å². The Morgan fingerprint density at radius 1 is 1.20 bits per heavy atom. The van der Waals surface area contributed by atoms with Gasteiger partial charge in [-0.1, -0.05) is 19.1 Å². The minimum atomic E-state index is -0.113. The quantitative estimate of drug-likeness (QED) is 0.325. The van der Waals surface area contributed by atoms with Crippen LogP contribution in [0, 0.1) is 0 Å². The zero-order valence-electron chi connectivity index (χ0n) is 14.7. The van der Waals surface area contributed by atoms with Gasteiger partial charge in [0.25, 0.3) is 0 Å². The fourth-order valence-electron chi connectivity index (χ4n) is 2.19. The van der Waals surface area contributed by atoms with Gasteiger partial charge in [0, 0.05) is 13.1 Å². The smallest absolute Gasteiger partial charge is 0.241 e. The lowest BCUT2D eigenvalue weighted by atomic mass is 10.2. The summed E-state index contributed by atoms with van der Waals surface area (Å²) >= 11 is 0. The minimum Gasteiger partial charge on any atom is -0.486 e. The van der Waals surface area contributed by atoms with Crippen molar-refractivity contribution in [2.45, 2.75) is 26.4 Å². The highest BCUT2D eigenvalue weighted by molar-refractivity contribution is 14.0. The second-order valence-electron chi connectivity index (χ2n) is 5.42. The largest absolute Gasteiger partial charge is 0.486 e. The molecule has 1 atom stereocenters. The number of para-hydroxylation sites is 2. The van der Waals surface area contributed by atoms with E-state index in [2.05, 4.69) is 20.9 Å². The van der Waals surface area contributed by atoms with Crippen molar-refractivity contribution in [1.29, 1.82) is 0 Å². The van der Waals surface area contributed by atoms with Gasteiger partial charge in [0.1, 0.15) is 19.3 Å². The van der Waals surface area contributed by atoms with Crippen LogP contribution < -0.4 is 25.4 Å². The Balaban J connectivity index is 0.00000312. The van der Waals surface area contributed by atoms with E-state index in [1.807, 2.05) is 38.1 Å². The number of nitrogens with zero attached hydrogens (tertiary/aromatic N) is 1. The number of ether oxygens (including phenoxy) is 2. The molecule has 0 spiro atoms. The Kier molecular flexibility index (Phi) is 10.0. The maximum absolute atomic E-state index is 11.6. The van der Waals surface area contributed by atoms with Gasteiger partial charge in [0.2, 0.25) is 5.91 Å². The molecule has 0 saturated carbocycles. The van der Waals surface area contributed by atoms with E-state index in [0.29, 0.717) is 32.2 Å². The van der Waals surface area contributed by atoms with Crippen molar-refractivity contribution in [3.63, 3.8) is 0 Å². The summed E-state index contributed by atoms with van der Waals surface area (Å²) in [6, 6.07) is 7.61. The van der Waals surface area contributed by atoms with Crippen molar-refractivity contribution in [3.05, 3.63) is 24.3 Å². The van der Waals surface area contributed by atoms with Gasteiger partial charge in [-0.2, -0.15) is 0 Å². The van der Waals surface area contributed by atoms with Crippen molar-refractivity contribution in [3.8, 4) is 11.5 Å².